The summed E-state index contributed by atoms with van der Waals surface area (Å²) in [5.74, 6) is -0.870. The number of nitrogens with one attached hydrogen (secondary N) is 1. The van der Waals surface area contributed by atoms with Gasteiger partial charge in [0.15, 0.2) is 0 Å². The summed E-state index contributed by atoms with van der Waals surface area (Å²) in [5.41, 5.74) is 0.226. The molecule has 0 aromatic heterocycles. The van der Waals surface area contributed by atoms with Gasteiger partial charge in [-0.2, -0.15) is 0 Å². The average molecular weight is 380 g/mol. The van der Waals surface area contributed by atoms with Crippen LogP contribution >= 0.6 is 0 Å². The second-order valence-corrected chi connectivity index (χ2v) is 7.46. The molecule has 6 nitrogen and oxygen atoms in total. The van der Waals surface area contributed by atoms with E-state index in [9.17, 15) is 17.6 Å². The Morgan fingerprint density at radius 2 is 1.81 bits per heavy atom. The molecule has 0 fully saturated rings. The summed E-state index contributed by atoms with van der Waals surface area (Å²) < 4.78 is 44.7. The summed E-state index contributed by atoms with van der Waals surface area (Å²) in [7, 11) is -3.90. The smallest absolute Gasteiger partial charge is 0.248 e. The molecule has 0 aliphatic heterocycles. The van der Waals surface area contributed by atoms with Crippen molar-refractivity contribution in [1.29, 1.82) is 0 Å². The molecule has 0 spiro atoms. The molecule has 8 heteroatoms. The number of amides is 1. The van der Waals surface area contributed by atoms with E-state index in [0.717, 1.165) is 16.6 Å². The van der Waals surface area contributed by atoms with E-state index in [2.05, 4.69) is 5.32 Å². The highest BCUT2D eigenvalue weighted by atomic mass is 32.2. The number of carbonyl (C=O) groups is 1. The molecule has 0 saturated carbocycles. The third-order valence-electron chi connectivity index (χ3n) is 3.62. The van der Waals surface area contributed by atoms with Crippen LogP contribution in [0.1, 0.15) is 13.8 Å². The summed E-state index contributed by atoms with van der Waals surface area (Å²) in [6.45, 7) is 3.62. The van der Waals surface area contributed by atoms with E-state index in [-0.39, 0.29) is 5.69 Å². The maximum atomic E-state index is 14.1. The van der Waals surface area contributed by atoms with E-state index < -0.39 is 27.8 Å². The van der Waals surface area contributed by atoms with E-state index in [4.69, 9.17) is 4.74 Å². The summed E-state index contributed by atoms with van der Waals surface area (Å²) in [4.78, 5) is 12.6. The predicted octanol–water partition coefficient (Wildman–Crippen LogP) is 3.02. The predicted molar refractivity (Wildman–Crippen MR) is 99.4 cm³/mol. The van der Waals surface area contributed by atoms with E-state index in [0.29, 0.717) is 18.0 Å². The number of anilines is 2. The molecule has 2 rings (SSSR count). The number of benzene rings is 2. The summed E-state index contributed by atoms with van der Waals surface area (Å²) >= 11 is 0. The lowest BCUT2D eigenvalue weighted by Crippen LogP contribution is -2.45. The number of carbonyl (C=O) groups excluding carboxylic acids is 1. The van der Waals surface area contributed by atoms with Crippen LogP contribution in [0.3, 0.4) is 0 Å². The van der Waals surface area contributed by atoms with Crippen LogP contribution in [0.15, 0.2) is 48.5 Å². The SMILES string of the molecule is CCOc1ccccc1NC(=O)[C@H](C)N(c1ccccc1F)S(C)(=O)=O. The molecule has 1 amide bonds. The average Bonchev–Trinajstić information content (AvgIpc) is 2.57. The highest BCUT2D eigenvalue weighted by molar-refractivity contribution is 7.92. The van der Waals surface area contributed by atoms with Gasteiger partial charge < -0.3 is 10.1 Å². The molecule has 1 atom stereocenters. The lowest BCUT2D eigenvalue weighted by molar-refractivity contribution is -0.116. The third kappa shape index (κ3) is 4.51. The molecule has 2 aromatic rings. The van der Waals surface area contributed by atoms with E-state index >= 15 is 0 Å². The number of rotatable bonds is 7. The van der Waals surface area contributed by atoms with Crippen molar-refractivity contribution in [3.63, 3.8) is 0 Å². The third-order valence-corrected chi connectivity index (χ3v) is 4.85. The topological polar surface area (TPSA) is 75.7 Å². The van der Waals surface area contributed by atoms with E-state index in [1.165, 1.54) is 25.1 Å². The Labute approximate surface area is 152 Å². The zero-order valence-corrected chi connectivity index (χ0v) is 15.6. The van der Waals surface area contributed by atoms with Gasteiger partial charge in [0.2, 0.25) is 15.9 Å². The fourth-order valence-electron chi connectivity index (χ4n) is 2.50. The van der Waals surface area contributed by atoms with Gasteiger partial charge in [0.25, 0.3) is 0 Å². The van der Waals surface area contributed by atoms with Crippen LogP contribution < -0.4 is 14.4 Å². The Morgan fingerprint density at radius 1 is 1.19 bits per heavy atom. The van der Waals surface area contributed by atoms with Gasteiger partial charge in [-0.3, -0.25) is 9.10 Å². The van der Waals surface area contributed by atoms with Crippen molar-refractivity contribution >= 4 is 27.3 Å². The first-order chi connectivity index (χ1) is 12.3. The van der Waals surface area contributed by atoms with Crippen LogP contribution in [0.4, 0.5) is 15.8 Å². The van der Waals surface area contributed by atoms with Crippen molar-refractivity contribution < 1.29 is 22.3 Å². The van der Waals surface area contributed by atoms with Crippen molar-refractivity contribution in [1.82, 2.24) is 0 Å². The van der Waals surface area contributed by atoms with Crippen LogP contribution in [-0.2, 0) is 14.8 Å². The molecule has 0 bridgehead atoms. The Hall–Kier alpha value is -2.61. The van der Waals surface area contributed by atoms with Gasteiger partial charge in [-0.15, -0.1) is 0 Å². The maximum Gasteiger partial charge on any atom is 0.248 e. The maximum absolute atomic E-state index is 14.1. The van der Waals surface area contributed by atoms with Gasteiger partial charge in [0.1, 0.15) is 17.6 Å². The zero-order valence-electron chi connectivity index (χ0n) is 14.8. The molecule has 1 N–H and O–H groups in total. The second-order valence-electron chi connectivity index (χ2n) is 5.60. The first-order valence-corrected chi connectivity index (χ1v) is 9.87. The van der Waals surface area contributed by atoms with Crippen LogP contribution in [0.2, 0.25) is 0 Å². The van der Waals surface area contributed by atoms with Crippen molar-refractivity contribution in [3.8, 4) is 5.75 Å². The highest BCUT2D eigenvalue weighted by Crippen LogP contribution is 2.27. The number of nitrogens with zero attached hydrogens (tertiary/aromatic N) is 1. The quantitative estimate of drug-likeness (QED) is 0.801. The Morgan fingerprint density at radius 3 is 2.42 bits per heavy atom. The molecule has 0 aliphatic rings. The molecule has 2 aromatic carbocycles. The van der Waals surface area contributed by atoms with Crippen LogP contribution in [0.25, 0.3) is 0 Å². The van der Waals surface area contributed by atoms with Gasteiger partial charge in [0.05, 0.1) is 24.2 Å². The first kappa shape index (κ1) is 19.7. The first-order valence-electron chi connectivity index (χ1n) is 8.02. The molecule has 0 aliphatic carbocycles. The fourth-order valence-corrected chi connectivity index (χ4v) is 3.68. The standard InChI is InChI=1S/C18H21FN2O4S/c1-4-25-17-12-8-6-10-15(17)20-18(22)13(2)21(26(3,23)24)16-11-7-5-9-14(16)19/h5-13H,4H2,1-3H3,(H,20,22)/t13-/m0/s1. The molecule has 0 radical (unpaired) electrons. The molecular weight excluding hydrogens is 359 g/mol. The number of ether oxygens (including phenoxy) is 1. The Balaban J connectivity index is 2.34. The van der Waals surface area contributed by atoms with Crippen LogP contribution in [0.5, 0.6) is 5.75 Å². The van der Waals surface area contributed by atoms with Crippen LogP contribution in [-0.4, -0.2) is 33.2 Å². The van der Waals surface area contributed by atoms with Crippen LogP contribution in [0, 0.1) is 5.82 Å². The minimum Gasteiger partial charge on any atom is -0.492 e. The lowest BCUT2D eigenvalue weighted by Gasteiger charge is -2.28. The van der Waals surface area contributed by atoms with Crippen molar-refractivity contribution in [2.45, 2.75) is 19.9 Å². The largest absolute Gasteiger partial charge is 0.492 e. The zero-order chi connectivity index (χ0) is 19.3. The normalized spacial score (nSPS) is 12.3. The van der Waals surface area contributed by atoms with Gasteiger partial charge in [0, 0.05) is 0 Å². The van der Waals surface area contributed by atoms with Crippen molar-refractivity contribution in [2.75, 3.05) is 22.5 Å². The summed E-state index contributed by atoms with van der Waals surface area (Å²) in [6, 6.07) is 11.0. The molecule has 0 heterocycles. The molecule has 140 valence electrons. The number of para-hydroxylation sites is 3. The van der Waals surface area contributed by atoms with Crippen molar-refractivity contribution in [3.05, 3.63) is 54.3 Å². The Kier molecular flexibility index (Phi) is 6.20. The van der Waals surface area contributed by atoms with Gasteiger partial charge in [-0.1, -0.05) is 24.3 Å². The number of hydrogen-bond acceptors (Lipinski definition) is 4. The monoisotopic (exact) mass is 380 g/mol. The Bertz CT molecular complexity index is 886. The molecule has 0 unspecified atom stereocenters. The van der Waals surface area contributed by atoms with Gasteiger partial charge in [-0.25, -0.2) is 12.8 Å². The minimum atomic E-state index is -3.90. The number of hydrogen-bond donors (Lipinski definition) is 1. The van der Waals surface area contributed by atoms with Crippen molar-refractivity contribution in [2.24, 2.45) is 0 Å². The van der Waals surface area contributed by atoms with Gasteiger partial charge in [-0.05, 0) is 38.1 Å². The lowest BCUT2D eigenvalue weighted by atomic mass is 10.2. The van der Waals surface area contributed by atoms with E-state index in [1.54, 1.807) is 24.3 Å². The second kappa shape index (κ2) is 8.18. The molecule has 26 heavy (non-hydrogen) atoms. The van der Waals surface area contributed by atoms with Gasteiger partial charge >= 0.3 is 0 Å². The van der Waals surface area contributed by atoms with E-state index in [1.807, 2.05) is 6.92 Å². The fraction of sp³-hybridized carbons (Fsp3) is 0.278. The highest BCUT2D eigenvalue weighted by Gasteiger charge is 2.31. The minimum absolute atomic E-state index is 0.184. The molecular formula is C18H21FN2O4S. The number of sulfonamides is 1. The summed E-state index contributed by atoms with van der Waals surface area (Å²) in [6.07, 6.45) is 0.928. The number of halogens is 1. The molecule has 0 saturated heterocycles. The summed E-state index contributed by atoms with van der Waals surface area (Å²) in [5, 5.41) is 2.64.